The lowest BCUT2D eigenvalue weighted by molar-refractivity contribution is -0.139. The molecule has 8 heteroatoms. The molecule has 1 amide bonds. The van der Waals surface area contributed by atoms with Crippen molar-refractivity contribution in [2.75, 3.05) is 13.7 Å². The second-order valence-electron chi connectivity index (χ2n) is 8.70. The van der Waals surface area contributed by atoms with Gasteiger partial charge in [-0.25, -0.2) is 4.79 Å². The van der Waals surface area contributed by atoms with Gasteiger partial charge in [0.1, 0.15) is 5.76 Å². The molecular formula is C29H23ClN2O5. The minimum atomic E-state index is -0.867. The first-order valence-electron chi connectivity index (χ1n) is 11.7. The van der Waals surface area contributed by atoms with E-state index in [4.69, 9.17) is 16.3 Å². The van der Waals surface area contributed by atoms with Crippen LogP contribution in [0, 0.1) is 0 Å². The molecule has 1 aliphatic heterocycles. The fraction of sp³-hybridized carbons (Fsp3) is 0.138. The van der Waals surface area contributed by atoms with E-state index >= 15 is 0 Å². The summed E-state index contributed by atoms with van der Waals surface area (Å²) in [5, 5.41) is 12.5. The van der Waals surface area contributed by atoms with Gasteiger partial charge in [0.05, 0.1) is 29.3 Å². The zero-order valence-electron chi connectivity index (χ0n) is 19.9. The van der Waals surface area contributed by atoms with Gasteiger partial charge in [0.15, 0.2) is 0 Å². The van der Waals surface area contributed by atoms with Crippen LogP contribution in [0.4, 0.5) is 0 Å². The maximum atomic E-state index is 13.3. The maximum Gasteiger partial charge on any atom is 0.337 e. The topological polar surface area (TPSA) is 99.7 Å². The first-order chi connectivity index (χ1) is 17.9. The molecule has 0 aliphatic carbocycles. The summed E-state index contributed by atoms with van der Waals surface area (Å²) in [6.07, 6.45) is 2.38. The highest BCUT2D eigenvalue weighted by molar-refractivity contribution is 6.47. The van der Waals surface area contributed by atoms with E-state index in [-0.39, 0.29) is 28.5 Å². The Hall–Kier alpha value is -4.36. The van der Waals surface area contributed by atoms with Gasteiger partial charge < -0.3 is 19.7 Å². The summed E-state index contributed by atoms with van der Waals surface area (Å²) >= 11 is 6.31. The number of aliphatic hydroxyl groups is 1. The standard InChI is InChI=1S/C29H23ClN2O5/c1-37-29(36)18-12-10-17(11-13-18)25-24(26(33)21-7-2-4-8-22(21)30)27(34)28(35)32(25)15-14-19-16-31-23-9-5-3-6-20(19)23/h2-13,16,25,31,33H,14-15H2,1H3. The molecule has 37 heavy (non-hydrogen) atoms. The summed E-state index contributed by atoms with van der Waals surface area (Å²) in [7, 11) is 1.29. The normalized spacial score (nSPS) is 16.9. The van der Waals surface area contributed by atoms with Gasteiger partial charge in [0.25, 0.3) is 11.7 Å². The molecule has 5 rings (SSSR count). The molecule has 186 valence electrons. The number of ketones is 1. The number of benzene rings is 3. The number of hydrogen-bond acceptors (Lipinski definition) is 5. The predicted molar refractivity (Wildman–Crippen MR) is 140 cm³/mol. The Bertz CT molecular complexity index is 1550. The molecule has 7 nitrogen and oxygen atoms in total. The maximum absolute atomic E-state index is 13.3. The third-order valence-corrected chi connectivity index (χ3v) is 6.94. The number of hydrogen-bond donors (Lipinski definition) is 2. The second kappa shape index (κ2) is 9.95. The highest BCUT2D eigenvalue weighted by atomic mass is 35.5. The van der Waals surface area contributed by atoms with Crippen LogP contribution in [-0.4, -0.2) is 46.3 Å². The monoisotopic (exact) mass is 514 g/mol. The van der Waals surface area contributed by atoms with Crippen molar-refractivity contribution in [1.82, 2.24) is 9.88 Å². The van der Waals surface area contributed by atoms with Gasteiger partial charge in [0, 0.05) is 29.2 Å². The van der Waals surface area contributed by atoms with Crippen molar-refractivity contribution in [3.63, 3.8) is 0 Å². The molecule has 3 aromatic carbocycles. The lowest BCUT2D eigenvalue weighted by Gasteiger charge is -2.25. The third-order valence-electron chi connectivity index (χ3n) is 6.61. The Morgan fingerprint density at radius 3 is 2.46 bits per heavy atom. The Labute approximate surface area is 217 Å². The van der Waals surface area contributed by atoms with E-state index in [0.29, 0.717) is 17.5 Å². The summed E-state index contributed by atoms with van der Waals surface area (Å²) in [5.41, 5.74) is 3.09. The van der Waals surface area contributed by atoms with Crippen LogP contribution in [0.15, 0.2) is 84.6 Å². The number of carbonyl (C=O) groups excluding carboxylic acids is 3. The molecule has 1 unspecified atom stereocenters. The average molecular weight is 515 g/mol. The number of halogens is 1. The first kappa shape index (κ1) is 24.3. The summed E-state index contributed by atoms with van der Waals surface area (Å²) < 4.78 is 4.78. The average Bonchev–Trinajstić information content (AvgIpc) is 3.45. The number of carbonyl (C=O) groups is 3. The van der Waals surface area contributed by atoms with Crippen molar-refractivity contribution >= 4 is 45.9 Å². The van der Waals surface area contributed by atoms with Crippen LogP contribution in [0.2, 0.25) is 5.02 Å². The Morgan fingerprint density at radius 2 is 1.73 bits per heavy atom. The molecule has 1 fully saturated rings. The van der Waals surface area contributed by atoms with Crippen LogP contribution in [0.25, 0.3) is 16.7 Å². The van der Waals surface area contributed by atoms with Crippen LogP contribution >= 0.6 is 11.6 Å². The van der Waals surface area contributed by atoms with Crippen molar-refractivity contribution in [3.05, 3.63) is 112 Å². The number of Topliss-reactive ketones (excluding diaryl/α,β-unsaturated/α-hetero) is 1. The van der Waals surface area contributed by atoms with Crippen LogP contribution in [0.1, 0.15) is 33.1 Å². The number of amides is 1. The highest BCUT2D eigenvalue weighted by Crippen LogP contribution is 2.40. The van der Waals surface area contributed by atoms with Crippen molar-refractivity contribution in [3.8, 4) is 0 Å². The number of likely N-dealkylation sites (tertiary alicyclic amines) is 1. The predicted octanol–water partition coefficient (Wildman–Crippen LogP) is 5.27. The minimum Gasteiger partial charge on any atom is -0.507 e. The van der Waals surface area contributed by atoms with Gasteiger partial charge in [-0.2, -0.15) is 0 Å². The number of fused-ring (bicyclic) bond motifs is 1. The SMILES string of the molecule is COC(=O)c1ccc(C2C(=C(O)c3ccccc3Cl)C(=O)C(=O)N2CCc2c[nH]c3ccccc23)cc1. The molecule has 0 saturated carbocycles. The number of esters is 1. The van der Waals surface area contributed by atoms with E-state index in [9.17, 15) is 19.5 Å². The number of aromatic amines is 1. The number of aliphatic hydroxyl groups excluding tert-OH is 1. The summed E-state index contributed by atoms with van der Waals surface area (Å²) in [6.45, 7) is 0.231. The zero-order chi connectivity index (χ0) is 26.1. The molecule has 0 bridgehead atoms. The third kappa shape index (κ3) is 4.38. The molecule has 2 heterocycles. The summed E-state index contributed by atoms with van der Waals surface area (Å²) in [5.74, 6) is -2.36. The fourth-order valence-corrected chi connectivity index (χ4v) is 4.98. The van der Waals surface area contributed by atoms with Crippen LogP contribution in [0.3, 0.4) is 0 Å². The molecular weight excluding hydrogens is 492 g/mol. The highest BCUT2D eigenvalue weighted by Gasteiger charge is 2.46. The van der Waals surface area contributed by atoms with E-state index in [1.165, 1.54) is 12.0 Å². The molecule has 0 radical (unpaired) electrons. The zero-order valence-corrected chi connectivity index (χ0v) is 20.7. The Balaban J connectivity index is 1.58. The molecule has 2 N–H and O–H groups in total. The number of ether oxygens (including phenoxy) is 1. The molecule has 1 atom stereocenters. The van der Waals surface area contributed by atoms with Gasteiger partial charge in [-0.1, -0.05) is 54.1 Å². The van der Waals surface area contributed by atoms with Gasteiger partial charge >= 0.3 is 5.97 Å². The van der Waals surface area contributed by atoms with E-state index in [1.807, 2.05) is 30.5 Å². The number of nitrogens with zero attached hydrogens (tertiary/aromatic N) is 1. The number of aromatic nitrogens is 1. The van der Waals surface area contributed by atoms with Crippen molar-refractivity contribution in [2.45, 2.75) is 12.5 Å². The van der Waals surface area contributed by atoms with Crippen molar-refractivity contribution < 1.29 is 24.2 Å². The van der Waals surface area contributed by atoms with Crippen LogP contribution in [-0.2, 0) is 20.7 Å². The Kier molecular flexibility index (Phi) is 6.54. The van der Waals surface area contributed by atoms with Gasteiger partial charge in [-0.15, -0.1) is 0 Å². The quantitative estimate of drug-likeness (QED) is 0.158. The van der Waals surface area contributed by atoms with Gasteiger partial charge in [-0.05, 0) is 47.9 Å². The molecule has 4 aromatic rings. The fourth-order valence-electron chi connectivity index (χ4n) is 4.75. The summed E-state index contributed by atoms with van der Waals surface area (Å²) in [4.78, 5) is 43.2. The van der Waals surface area contributed by atoms with Crippen LogP contribution in [0.5, 0.6) is 0 Å². The second-order valence-corrected chi connectivity index (χ2v) is 9.10. The molecule has 0 spiro atoms. The molecule has 1 saturated heterocycles. The van der Waals surface area contributed by atoms with Gasteiger partial charge in [0.2, 0.25) is 0 Å². The smallest absolute Gasteiger partial charge is 0.337 e. The van der Waals surface area contributed by atoms with Crippen LogP contribution < -0.4 is 0 Å². The largest absolute Gasteiger partial charge is 0.507 e. The van der Waals surface area contributed by atoms with Crippen molar-refractivity contribution in [1.29, 1.82) is 0 Å². The number of para-hydroxylation sites is 1. The van der Waals surface area contributed by atoms with E-state index < -0.39 is 23.7 Å². The summed E-state index contributed by atoms with van der Waals surface area (Å²) in [6, 6.07) is 20.0. The van der Waals surface area contributed by atoms with E-state index in [1.54, 1.807) is 48.5 Å². The lowest BCUT2D eigenvalue weighted by Crippen LogP contribution is -2.31. The van der Waals surface area contributed by atoms with E-state index in [2.05, 4.69) is 4.98 Å². The number of methoxy groups -OCH3 is 1. The van der Waals surface area contributed by atoms with Crippen molar-refractivity contribution in [2.24, 2.45) is 0 Å². The van der Waals surface area contributed by atoms with E-state index in [0.717, 1.165) is 16.5 Å². The molecule has 1 aliphatic rings. The number of H-pyrrole nitrogens is 1. The Morgan fingerprint density at radius 1 is 1.03 bits per heavy atom. The molecule has 1 aromatic heterocycles. The van der Waals surface area contributed by atoms with Gasteiger partial charge in [-0.3, -0.25) is 9.59 Å². The number of rotatable bonds is 6. The number of nitrogens with one attached hydrogen (secondary N) is 1. The minimum absolute atomic E-state index is 0.0529. The lowest BCUT2D eigenvalue weighted by atomic mass is 9.94. The first-order valence-corrected chi connectivity index (χ1v) is 12.0.